The molecular weight excluding hydrogens is 256 g/mol. The first-order chi connectivity index (χ1) is 9.45. The van der Waals surface area contributed by atoms with Gasteiger partial charge in [0, 0.05) is 6.04 Å². The van der Waals surface area contributed by atoms with Gasteiger partial charge in [0.25, 0.3) is 0 Å². The molecule has 5 heteroatoms. The van der Waals surface area contributed by atoms with Crippen molar-refractivity contribution in [1.29, 1.82) is 0 Å². The number of aryl methyl sites for hydroxylation is 1. The Morgan fingerprint density at radius 1 is 1.35 bits per heavy atom. The molecule has 0 aliphatic rings. The number of nitrogens with one attached hydrogen (secondary N) is 1. The minimum Gasteiger partial charge on any atom is -0.464 e. The number of ether oxygens (including phenoxy) is 1. The molecule has 0 aliphatic carbocycles. The van der Waals surface area contributed by atoms with Crippen LogP contribution in [0, 0.1) is 6.92 Å². The van der Waals surface area contributed by atoms with Crippen LogP contribution in [0.3, 0.4) is 0 Å². The number of carbonyl (C=O) groups excluding carboxylic acids is 2. The zero-order valence-corrected chi connectivity index (χ0v) is 12.2. The van der Waals surface area contributed by atoms with E-state index in [1.165, 1.54) is 5.56 Å². The zero-order chi connectivity index (χ0) is 15.1. The molecule has 1 rings (SSSR count). The molecule has 0 radical (unpaired) electrons. The Bertz CT molecular complexity index is 474. The van der Waals surface area contributed by atoms with Crippen molar-refractivity contribution >= 4 is 11.9 Å². The quantitative estimate of drug-likeness (QED) is 0.599. The zero-order valence-electron chi connectivity index (χ0n) is 12.2. The summed E-state index contributed by atoms with van der Waals surface area (Å²) in [5.41, 5.74) is 7.86. The van der Waals surface area contributed by atoms with E-state index in [1.54, 1.807) is 6.92 Å². The van der Waals surface area contributed by atoms with Crippen LogP contribution in [-0.4, -0.2) is 30.6 Å². The van der Waals surface area contributed by atoms with Gasteiger partial charge in [-0.2, -0.15) is 0 Å². The maximum Gasteiger partial charge on any atom is 0.332 e. The normalized spacial score (nSPS) is 13.4. The highest BCUT2D eigenvalue weighted by molar-refractivity contribution is 6.01. The van der Waals surface area contributed by atoms with Crippen LogP contribution in [-0.2, 0) is 20.7 Å². The van der Waals surface area contributed by atoms with E-state index < -0.39 is 17.9 Å². The number of hydrogen-bond acceptors (Lipinski definition) is 4. The topological polar surface area (TPSA) is 81.4 Å². The lowest BCUT2D eigenvalue weighted by Crippen LogP contribution is -2.49. The number of hydrogen-bond donors (Lipinski definition) is 2. The van der Waals surface area contributed by atoms with Crippen molar-refractivity contribution in [3.8, 4) is 0 Å². The van der Waals surface area contributed by atoms with Gasteiger partial charge < -0.3 is 15.8 Å². The predicted octanol–water partition coefficient (Wildman–Crippen LogP) is 0.933. The number of carbonyl (C=O) groups is 2. The largest absolute Gasteiger partial charge is 0.464 e. The van der Waals surface area contributed by atoms with Crippen LogP contribution in [0.4, 0.5) is 0 Å². The Kier molecular flexibility index (Phi) is 6.18. The second kappa shape index (κ2) is 7.65. The third-order valence-corrected chi connectivity index (χ3v) is 3.00. The van der Waals surface area contributed by atoms with E-state index in [-0.39, 0.29) is 12.6 Å². The molecule has 0 spiro atoms. The molecule has 3 N–H and O–H groups in total. The summed E-state index contributed by atoms with van der Waals surface area (Å²) < 4.78 is 4.72. The minimum absolute atomic E-state index is 0.107. The second-order valence-corrected chi connectivity index (χ2v) is 4.77. The Balaban J connectivity index is 2.54. The molecule has 2 atom stereocenters. The van der Waals surface area contributed by atoms with E-state index >= 15 is 0 Å². The third kappa shape index (κ3) is 4.66. The molecular formula is C15H22N2O3. The molecule has 0 bridgehead atoms. The summed E-state index contributed by atoms with van der Waals surface area (Å²) in [7, 11) is 0. The summed E-state index contributed by atoms with van der Waals surface area (Å²) in [5, 5.41) is 2.73. The Hall–Kier alpha value is -1.88. The molecule has 5 nitrogen and oxygen atoms in total. The average molecular weight is 278 g/mol. The molecule has 1 amide bonds. The summed E-state index contributed by atoms with van der Waals surface area (Å²) in [6, 6.07) is 6.59. The molecule has 0 heterocycles. The summed E-state index contributed by atoms with van der Waals surface area (Å²) in [6.45, 7) is 5.78. The van der Waals surface area contributed by atoms with Crippen LogP contribution in [0.25, 0.3) is 0 Å². The molecule has 0 saturated heterocycles. The highest BCUT2D eigenvalue weighted by Gasteiger charge is 2.24. The fourth-order valence-corrected chi connectivity index (χ4v) is 1.89. The van der Waals surface area contributed by atoms with Gasteiger partial charge >= 0.3 is 5.97 Å². The molecule has 2 unspecified atom stereocenters. The van der Waals surface area contributed by atoms with Gasteiger partial charge in [-0.15, -0.1) is 0 Å². The predicted molar refractivity (Wildman–Crippen MR) is 77.1 cm³/mol. The minimum atomic E-state index is -1.27. The van der Waals surface area contributed by atoms with Gasteiger partial charge in [-0.1, -0.05) is 24.3 Å². The maximum absolute atomic E-state index is 11.8. The Morgan fingerprint density at radius 3 is 2.60 bits per heavy atom. The fraction of sp³-hybridized carbons (Fsp3) is 0.467. The summed E-state index contributed by atoms with van der Waals surface area (Å²) in [4.78, 5) is 23.2. The highest BCUT2D eigenvalue weighted by atomic mass is 16.5. The van der Waals surface area contributed by atoms with Crippen LogP contribution in [0.5, 0.6) is 0 Å². The van der Waals surface area contributed by atoms with Crippen LogP contribution in [0.15, 0.2) is 24.3 Å². The smallest absolute Gasteiger partial charge is 0.332 e. The van der Waals surface area contributed by atoms with Gasteiger partial charge in [-0.3, -0.25) is 4.79 Å². The van der Waals surface area contributed by atoms with Crippen molar-refractivity contribution in [2.24, 2.45) is 5.73 Å². The van der Waals surface area contributed by atoms with E-state index in [0.717, 1.165) is 5.56 Å². The summed E-state index contributed by atoms with van der Waals surface area (Å²) >= 11 is 0. The maximum atomic E-state index is 11.8. The molecule has 0 aliphatic heterocycles. The molecule has 20 heavy (non-hydrogen) atoms. The van der Waals surface area contributed by atoms with Gasteiger partial charge in [0.1, 0.15) is 0 Å². The fourth-order valence-electron chi connectivity index (χ4n) is 1.89. The SMILES string of the molecule is CCOC(=O)C(N)C(=O)NC(C)Cc1ccccc1C. The summed E-state index contributed by atoms with van der Waals surface area (Å²) in [5.74, 6) is -1.21. The lowest BCUT2D eigenvalue weighted by atomic mass is 10.0. The van der Waals surface area contributed by atoms with Crippen LogP contribution >= 0.6 is 0 Å². The van der Waals surface area contributed by atoms with E-state index in [9.17, 15) is 9.59 Å². The van der Waals surface area contributed by atoms with Crippen molar-refractivity contribution < 1.29 is 14.3 Å². The highest BCUT2D eigenvalue weighted by Crippen LogP contribution is 2.09. The number of benzene rings is 1. The standard InChI is InChI=1S/C15H22N2O3/c1-4-20-15(19)13(16)14(18)17-11(3)9-12-8-6-5-7-10(12)2/h5-8,11,13H,4,9,16H2,1-3H3,(H,17,18). The van der Waals surface area contributed by atoms with Gasteiger partial charge in [-0.25, -0.2) is 4.79 Å². The van der Waals surface area contributed by atoms with Gasteiger partial charge in [0.2, 0.25) is 5.91 Å². The van der Waals surface area contributed by atoms with Gasteiger partial charge in [0.15, 0.2) is 6.04 Å². The second-order valence-electron chi connectivity index (χ2n) is 4.77. The van der Waals surface area contributed by atoms with E-state index in [1.807, 2.05) is 38.1 Å². The van der Waals surface area contributed by atoms with Crippen molar-refractivity contribution in [2.75, 3.05) is 6.61 Å². The third-order valence-electron chi connectivity index (χ3n) is 3.00. The lowest BCUT2D eigenvalue weighted by Gasteiger charge is -2.17. The van der Waals surface area contributed by atoms with Crippen molar-refractivity contribution in [3.05, 3.63) is 35.4 Å². The first-order valence-corrected chi connectivity index (χ1v) is 6.72. The molecule has 1 aromatic carbocycles. The van der Waals surface area contributed by atoms with Crippen molar-refractivity contribution in [3.63, 3.8) is 0 Å². The van der Waals surface area contributed by atoms with Crippen LogP contribution in [0.1, 0.15) is 25.0 Å². The van der Waals surface area contributed by atoms with Crippen LogP contribution < -0.4 is 11.1 Å². The Labute approximate surface area is 119 Å². The average Bonchev–Trinajstić information content (AvgIpc) is 2.40. The molecule has 0 saturated carbocycles. The van der Waals surface area contributed by atoms with Gasteiger partial charge in [0.05, 0.1) is 6.61 Å². The number of rotatable bonds is 6. The van der Waals surface area contributed by atoms with Crippen molar-refractivity contribution in [2.45, 2.75) is 39.3 Å². The Morgan fingerprint density at radius 2 is 2.00 bits per heavy atom. The number of amides is 1. The van der Waals surface area contributed by atoms with E-state index in [2.05, 4.69) is 5.32 Å². The van der Waals surface area contributed by atoms with Gasteiger partial charge in [-0.05, 0) is 38.3 Å². The monoisotopic (exact) mass is 278 g/mol. The molecule has 110 valence electrons. The molecule has 0 aromatic heterocycles. The van der Waals surface area contributed by atoms with E-state index in [4.69, 9.17) is 10.5 Å². The molecule has 0 fully saturated rings. The number of esters is 1. The number of nitrogens with two attached hydrogens (primary N) is 1. The first-order valence-electron chi connectivity index (χ1n) is 6.72. The molecule has 1 aromatic rings. The lowest BCUT2D eigenvalue weighted by molar-refractivity contribution is -0.148. The van der Waals surface area contributed by atoms with Crippen LogP contribution in [0.2, 0.25) is 0 Å². The first kappa shape index (κ1) is 16.2. The van der Waals surface area contributed by atoms with Crippen molar-refractivity contribution in [1.82, 2.24) is 5.32 Å². The van der Waals surface area contributed by atoms with E-state index in [0.29, 0.717) is 6.42 Å². The summed E-state index contributed by atoms with van der Waals surface area (Å²) in [6.07, 6.45) is 0.688.